The Kier molecular flexibility index (Phi) is 5.19. The molecule has 0 spiro atoms. The first kappa shape index (κ1) is 17.6. The van der Waals surface area contributed by atoms with Crippen molar-refractivity contribution in [3.8, 4) is 0 Å². The molecule has 2 atom stereocenters. The van der Waals surface area contributed by atoms with E-state index in [1.807, 2.05) is 45.0 Å². The summed E-state index contributed by atoms with van der Waals surface area (Å²) in [6.07, 6.45) is 0.176. The summed E-state index contributed by atoms with van der Waals surface area (Å²) in [5, 5.41) is 3.63. The molecule has 126 valence electrons. The van der Waals surface area contributed by atoms with Gasteiger partial charge in [0.15, 0.2) is 0 Å². The highest BCUT2D eigenvalue weighted by Crippen LogP contribution is 2.18. The van der Waals surface area contributed by atoms with Gasteiger partial charge in [-0.05, 0) is 51.8 Å². The molecule has 1 unspecified atom stereocenters. The molecular formula is C17H23ClN2O3. The summed E-state index contributed by atoms with van der Waals surface area (Å²) in [7, 11) is 0. The van der Waals surface area contributed by atoms with Gasteiger partial charge in [-0.3, -0.25) is 9.69 Å². The fourth-order valence-corrected chi connectivity index (χ4v) is 2.60. The van der Waals surface area contributed by atoms with Crippen LogP contribution >= 0.6 is 11.6 Å². The van der Waals surface area contributed by atoms with Crippen molar-refractivity contribution in [2.24, 2.45) is 0 Å². The minimum Gasteiger partial charge on any atom is -0.444 e. The topological polar surface area (TPSA) is 58.6 Å². The molecule has 1 aromatic carbocycles. The fraction of sp³-hybridized carbons (Fsp3) is 0.529. The van der Waals surface area contributed by atoms with Crippen LogP contribution in [0.25, 0.3) is 0 Å². The Morgan fingerprint density at radius 3 is 2.52 bits per heavy atom. The number of nitrogens with zero attached hydrogens (tertiary/aromatic N) is 1. The van der Waals surface area contributed by atoms with Crippen molar-refractivity contribution in [1.82, 2.24) is 10.2 Å². The molecule has 1 aliphatic heterocycles. The molecule has 0 saturated carbocycles. The van der Waals surface area contributed by atoms with Crippen LogP contribution in [0, 0.1) is 0 Å². The van der Waals surface area contributed by atoms with Crippen LogP contribution in [0.1, 0.15) is 33.3 Å². The molecule has 1 N–H and O–H groups in total. The van der Waals surface area contributed by atoms with E-state index in [0.29, 0.717) is 18.0 Å². The molecule has 2 amide bonds. The van der Waals surface area contributed by atoms with Gasteiger partial charge in [0.2, 0.25) is 5.91 Å². The van der Waals surface area contributed by atoms with Gasteiger partial charge in [-0.2, -0.15) is 0 Å². The zero-order chi connectivity index (χ0) is 17.2. The maximum absolute atomic E-state index is 12.3. The van der Waals surface area contributed by atoms with Gasteiger partial charge >= 0.3 is 6.09 Å². The van der Waals surface area contributed by atoms with Crippen LogP contribution in [0.5, 0.6) is 0 Å². The minimum atomic E-state index is -0.587. The number of benzene rings is 1. The van der Waals surface area contributed by atoms with Crippen molar-refractivity contribution >= 4 is 23.6 Å². The van der Waals surface area contributed by atoms with E-state index in [1.54, 1.807) is 6.92 Å². The molecule has 0 radical (unpaired) electrons. The first-order chi connectivity index (χ1) is 10.7. The van der Waals surface area contributed by atoms with Crippen LogP contribution in [-0.2, 0) is 16.0 Å². The van der Waals surface area contributed by atoms with E-state index < -0.39 is 17.7 Å². The number of piperazine rings is 1. The number of carbonyl (C=O) groups is 2. The van der Waals surface area contributed by atoms with Gasteiger partial charge in [-0.1, -0.05) is 23.7 Å². The second kappa shape index (κ2) is 6.79. The first-order valence-corrected chi connectivity index (χ1v) is 8.08. The van der Waals surface area contributed by atoms with E-state index in [2.05, 4.69) is 5.32 Å². The largest absolute Gasteiger partial charge is 0.444 e. The highest BCUT2D eigenvalue weighted by Gasteiger charge is 2.36. The highest BCUT2D eigenvalue weighted by atomic mass is 35.5. The summed E-state index contributed by atoms with van der Waals surface area (Å²) >= 11 is 5.88. The van der Waals surface area contributed by atoms with E-state index in [9.17, 15) is 9.59 Å². The number of ether oxygens (including phenoxy) is 1. The van der Waals surface area contributed by atoms with Gasteiger partial charge in [0.1, 0.15) is 11.6 Å². The SMILES string of the molecule is C[C@H]1C(=O)NC(Cc2ccc(Cl)cc2)CN1C(=O)OC(C)(C)C. The van der Waals surface area contributed by atoms with Crippen LogP contribution in [-0.4, -0.2) is 41.1 Å². The quantitative estimate of drug-likeness (QED) is 0.901. The third-order valence-corrected chi connectivity index (χ3v) is 3.89. The van der Waals surface area contributed by atoms with Crippen molar-refractivity contribution in [2.45, 2.75) is 51.8 Å². The Balaban J connectivity index is 2.07. The fourth-order valence-electron chi connectivity index (χ4n) is 2.48. The maximum Gasteiger partial charge on any atom is 0.411 e. The second-order valence-electron chi connectivity index (χ2n) is 6.84. The normalized spacial score (nSPS) is 21.8. The molecule has 1 heterocycles. The molecule has 23 heavy (non-hydrogen) atoms. The van der Waals surface area contributed by atoms with Gasteiger partial charge in [0.25, 0.3) is 0 Å². The molecule has 1 aliphatic rings. The van der Waals surface area contributed by atoms with Crippen LogP contribution in [0.15, 0.2) is 24.3 Å². The Bertz CT molecular complexity index is 580. The molecule has 1 saturated heterocycles. The Morgan fingerprint density at radius 1 is 1.35 bits per heavy atom. The summed E-state index contributed by atoms with van der Waals surface area (Å²) in [5.74, 6) is -0.166. The number of nitrogens with one attached hydrogen (secondary N) is 1. The zero-order valence-electron chi connectivity index (χ0n) is 13.9. The third-order valence-electron chi connectivity index (χ3n) is 3.63. The number of halogens is 1. The zero-order valence-corrected chi connectivity index (χ0v) is 14.7. The summed E-state index contributed by atoms with van der Waals surface area (Å²) in [5.41, 5.74) is 0.467. The summed E-state index contributed by atoms with van der Waals surface area (Å²) < 4.78 is 5.40. The summed E-state index contributed by atoms with van der Waals surface area (Å²) in [6, 6.07) is 6.79. The van der Waals surface area contributed by atoms with E-state index in [0.717, 1.165) is 5.56 Å². The van der Waals surface area contributed by atoms with Crippen molar-refractivity contribution in [1.29, 1.82) is 0 Å². The van der Waals surface area contributed by atoms with Gasteiger partial charge in [0.05, 0.1) is 6.04 Å². The van der Waals surface area contributed by atoms with Crippen LogP contribution < -0.4 is 5.32 Å². The molecule has 5 nitrogen and oxygen atoms in total. The van der Waals surface area contributed by atoms with E-state index in [1.165, 1.54) is 4.90 Å². The first-order valence-electron chi connectivity index (χ1n) is 7.70. The number of hydrogen-bond donors (Lipinski definition) is 1. The standard InChI is InChI=1S/C17H23ClN2O3/c1-11-15(21)19-14(9-12-5-7-13(18)8-6-12)10-20(11)16(22)23-17(2,3)4/h5-8,11,14H,9-10H2,1-4H3,(H,19,21)/t11-,14?/m0/s1. The summed E-state index contributed by atoms with van der Waals surface area (Å²) in [6.45, 7) is 7.56. The van der Waals surface area contributed by atoms with Gasteiger partial charge in [-0.15, -0.1) is 0 Å². The average Bonchev–Trinajstić information content (AvgIpc) is 2.43. The number of carbonyl (C=O) groups excluding carboxylic acids is 2. The number of rotatable bonds is 2. The number of hydrogen-bond acceptors (Lipinski definition) is 3. The average molecular weight is 339 g/mol. The van der Waals surface area contributed by atoms with Gasteiger partial charge in [0, 0.05) is 11.6 Å². The van der Waals surface area contributed by atoms with Crippen LogP contribution in [0.3, 0.4) is 0 Å². The minimum absolute atomic E-state index is 0.146. The van der Waals surface area contributed by atoms with E-state index in [-0.39, 0.29) is 11.9 Å². The molecule has 1 fully saturated rings. The summed E-state index contributed by atoms with van der Waals surface area (Å²) in [4.78, 5) is 26.0. The maximum atomic E-state index is 12.3. The van der Waals surface area contributed by atoms with E-state index >= 15 is 0 Å². The lowest BCUT2D eigenvalue weighted by Gasteiger charge is -2.38. The predicted molar refractivity (Wildman–Crippen MR) is 89.5 cm³/mol. The van der Waals surface area contributed by atoms with Crippen LogP contribution in [0.2, 0.25) is 5.02 Å². The second-order valence-corrected chi connectivity index (χ2v) is 7.28. The molecule has 2 rings (SSSR count). The molecule has 0 aliphatic carbocycles. The lowest BCUT2D eigenvalue weighted by atomic mass is 10.0. The Morgan fingerprint density at radius 2 is 1.96 bits per heavy atom. The molecule has 1 aromatic rings. The van der Waals surface area contributed by atoms with Crippen molar-refractivity contribution < 1.29 is 14.3 Å². The molecule has 0 bridgehead atoms. The molecule has 0 aromatic heterocycles. The smallest absolute Gasteiger partial charge is 0.411 e. The third kappa shape index (κ3) is 4.86. The lowest BCUT2D eigenvalue weighted by Crippen LogP contribution is -2.61. The van der Waals surface area contributed by atoms with Gasteiger partial charge < -0.3 is 10.1 Å². The van der Waals surface area contributed by atoms with Crippen molar-refractivity contribution in [3.05, 3.63) is 34.9 Å². The van der Waals surface area contributed by atoms with Gasteiger partial charge in [-0.25, -0.2) is 4.79 Å². The predicted octanol–water partition coefficient (Wildman–Crippen LogP) is 3.01. The lowest BCUT2D eigenvalue weighted by molar-refractivity contribution is -0.129. The van der Waals surface area contributed by atoms with Crippen LogP contribution in [0.4, 0.5) is 4.79 Å². The number of amides is 2. The Labute approximate surface area is 141 Å². The molecular weight excluding hydrogens is 316 g/mol. The highest BCUT2D eigenvalue weighted by molar-refractivity contribution is 6.30. The van der Waals surface area contributed by atoms with Crippen molar-refractivity contribution in [3.63, 3.8) is 0 Å². The van der Waals surface area contributed by atoms with E-state index in [4.69, 9.17) is 16.3 Å². The monoisotopic (exact) mass is 338 g/mol. The molecule has 6 heteroatoms. The Hall–Kier alpha value is -1.75. The van der Waals surface area contributed by atoms with Crippen molar-refractivity contribution in [2.75, 3.05) is 6.54 Å².